The molecular formula is C20H22N2O3. The third-order valence-corrected chi connectivity index (χ3v) is 4.76. The van der Waals surface area contributed by atoms with E-state index in [0.717, 1.165) is 19.5 Å². The van der Waals surface area contributed by atoms with Crippen LogP contribution in [0, 0.1) is 5.92 Å². The van der Waals surface area contributed by atoms with Crippen LogP contribution in [0.5, 0.6) is 11.5 Å². The third kappa shape index (κ3) is 3.55. The molecule has 2 heterocycles. The number of nitrogens with one attached hydrogen (secondary N) is 1. The Morgan fingerprint density at radius 1 is 1.08 bits per heavy atom. The Bertz CT molecular complexity index is 748. The Kier molecular flexibility index (Phi) is 4.46. The molecule has 5 nitrogen and oxygen atoms in total. The highest BCUT2D eigenvalue weighted by Crippen LogP contribution is 2.30. The Hall–Kier alpha value is -2.69. The fraction of sp³-hybridized carbons (Fsp3) is 0.350. The average molecular weight is 338 g/mol. The van der Waals surface area contributed by atoms with Crippen molar-refractivity contribution in [3.63, 3.8) is 0 Å². The van der Waals surface area contributed by atoms with Crippen LogP contribution < -0.4 is 19.7 Å². The second-order valence-electron chi connectivity index (χ2n) is 6.50. The van der Waals surface area contributed by atoms with Crippen molar-refractivity contribution in [2.24, 2.45) is 5.92 Å². The molecule has 2 aromatic rings. The second kappa shape index (κ2) is 7.05. The van der Waals surface area contributed by atoms with Crippen molar-refractivity contribution >= 4 is 11.6 Å². The van der Waals surface area contributed by atoms with Gasteiger partial charge in [0, 0.05) is 30.9 Å². The van der Waals surface area contributed by atoms with E-state index in [1.54, 1.807) is 18.2 Å². The maximum atomic E-state index is 12.4. The molecule has 1 atom stereocenters. The highest BCUT2D eigenvalue weighted by atomic mass is 16.6. The third-order valence-electron chi connectivity index (χ3n) is 4.76. The van der Waals surface area contributed by atoms with Gasteiger partial charge in [0.05, 0.1) is 0 Å². The number of anilines is 1. The number of ether oxygens (including phenoxy) is 2. The van der Waals surface area contributed by atoms with Gasteiger partial charge in [-0.1, -0.05) is 18.2 Å². The fourth-order valence-corrected chi connectivity index (χ4v) is 3.40. The van der Waals surface area contributed by atoms with E-state index in [4.69, 9.17) is 9.47 Å². The van der Waals surface area contributed by atoms with E-state index in [0.29, 0.717) is 42.7 Å². The molecule has 1 saturated heterocycles. The number of benzene rings is 2. The molecule has 2 aliphatic heterocycles. The van der Waals surface area contributed by atoms with Gasteiger partial charge in [-0.2, -0.15) is 0 Å². The first-order valence-electron chi connectivity index (χ1n) is 8.77. The van der Waals surface area contributed by atoms with Crippen molar-refractivity contribution in [1.29, 1.82) is 0 Å². The maximum Gasteiger partial charge on any atom is 0.251 e. The molecule has 5 heteroatoms. The lowest BCUT2D eigenvalue weighted by Crippen LogP contribution is -2.31. The minimum atomic E-state index is -0.0601. The molecule has 2 aliphatic rings. The number of fused-ring (bicyclic) bond motifs is 1. The molecule has 0 spiro atoms. The lowest BCUT2D eigenvalue weighted by Gasteiger charge is -2.19. The van der Waals surface area contributed by atoms with Crippen LogP contribution in [0.25, 0.3) is 0 Å². The number of hydrogen-bond acceptors (Lipinski definition) is 4. The van der Waals surface area contributed by atoms with Crippen molar-refractivity contribution in [3.8, 4) is 11.5 Å². The van der Waals surface area contributed by atoms with Crippen LogP contribution in [-0.2, 0) is 0 Å². The Labute approximate surface area is 147 Å². The van der Waals surface area contributed by atoms with Crippen LogP contribution in [0.4, 0.5) is 5.69 Å². The summed E-state index contributed by atoms with van der Waals surface area (Å²) in [5.41, 5.74) is 1.87. The van der Waals surface area contributed by atoms with E-state index in [9.17, 15) is 4.79 Å². The van der Waals surface area contributed by atoms with Crippen molar-refractivity contribution in [3.05, 3.63) is 54.1 Å². The zero-order chi connectivity index (χ0) is 17.1. The molecule has 0 aromatic heterocycles. The predicted molar refractivity (Wildman–Crippen MR) is 96.5 cm³/mol. The predicted octanol–water partition coefficient (Wildman–Crippen LogP) is 2.71. The number of nitrogens with zero attached hydrogens (tertiary/aromatic N) is 1. The van der Waals surface area contributed by atoms with E-state index in [1.807, 2.05) is 6.07 Å². The van der Waals surface area contributed by atoms with E-state index in [-0.39, 0.29) is 5.91 Å². The smallest absolute Gasteiger partial charge is 0.251 e. The largest absolute Gasteiger partial charge is 0.486 e. The Morgan fingerprint density at radius 3 is 2.72 bits per heavy atom. The number of carbonyl (C=O) groups is 1. The molecule has 0 radical (unpaired) electrons. The summed E-state index contributed by atoms with van der Waals surface area (Å²) in [5, 5.41) is 3.06. The number of amides is 1. The van der Waals surface area contributed by atoms with Gasteiger partial charge in [0.15, 0.2) is 11.5 Å². The molecule has 0 bridgehead atoms. The zero-order valence-electron chi connectivity index (χ0n) is 14.1. The number of hydrogen-bond donors (Lipinski definition) is 1. The molecular weight excluding hydrogens is 316 g/mol. The van der Waals surface area contributed by atoms with E-state index in [2.05, 4.69) is 34.5 Å². The highest BCUT2D eigenvalue weighted by Gasteiger charge is 2.23. The molecule has 1 amide bonds. The number of carbonyl (C=O) groups excluding carboxylic acids is 1. The Morgan fingerprint density at radius 2 is 1.88 bits per heavy atom. The van der Waals surface area contributed by atoms with Gasteiger partial charge in [-0.3, -0.25) is 4.79 Å². The van der Waals surface area contributed by atoms with Gasteiger partial charge in [-0.15, -0.1) is 0 Å². The van der Waals surface area contributed by atoms with Crippen LogP contribution in [-0.4, -0.2) is 38.8 Å². The first kappa shape index (κ1) is 15.8. The summed E-state index contributed by atoms with van der Waals surface area (Å²) in [6.45, 7) is 3.78. The topological polar surface area (TPSA) is 50.8 Å². The molecule has 25 heavy (non-hydrogen) atoms. The number of para-hydroxylation sites is 1. The van der Waals surface area contributed by atoms with Crippen molar-refractivity contribution in [1.82, 2.24) is 5.32 Å². The second-order valence-corrected chi connectivity index (χ2v) is 6.50. The average Bonchev–Trinajstić information content (AvgIpc) is 3.15. The van der Waals surface area contributed by atoms with Gasteiger partial charge >= 0.3 is 0 Å². The zero-order valence-corrected chi connectivity index (χ0v) is 14.1. The first-order valence-corrected chi connectivity index (χ1v) is 8.77. The minimum absolute atomic E-state index is 0.0601. The quantitative estimate of drug-likeness (QED) is 0.931. The lowest BCUT2D eigenvalue weighted by molar-refractivity contribution is 0.0947. The maximum absolute atomic E-state index is 12.4. The van der Waals surface area contributed by atoms with Crippen LogP contribution >= 0.6 is 0 Å². The van der Waals surface area contributed by atoms with Gasteiger partial charge < -0.3 is 19.7 Å². The van der Waals surface area contributed by atoms with Crippen molar-refractivity contribution in [2.45, 2.75) is 6.42 Å². The molecule has 4 rings (SSSR count). The molecule has 130 valence electrons. The van der Waals surface area contributed by atoms with E-state index < -0.39 is 0 Å². The molecule has 0 saturated carbocycles. The molecule has 1 fully saturated rings. The van der Waals surface area contributed by atoms with Gasteiger partial charge in [0.25, 0.3) is 5.91 Å². The van der Waals surface area contributed by atoms with Gasteiger partial charge in [0.2, 0.25) is 0 Å². The molecule has 1 unspecified atom stereocenters. The van der Waals surface area contributed by atoms with E-state index in [1.165, 1.54) is 5.69 Å². The van der Waals surface area contributed by atoms with Crippen molar-refractivity contribution < 1.29 is 14.3 Å². The SMILES string of the molecule is O=C(NCC1CCN(c2ccccc2)C1)c1ccc2c(c1)OCCO2. The standard InChI is InChI=1S/C20H22N2O3/c23-20(16-6-7-18-19(12-16)25-11-10-24-18)21-13-15-8-9-22(14-15)17-4-2-1-3-5-17/h1-7,12,15H,8-11,13-14H2,(H,21,23). The summed E-state index contributed by atoms with van der Waals surface area (Å²) in [5.74, 6) is 1.77. The van der Waals surface area contributed by atoms with E-state index >= 15 is 0 Å². The summed E-state index contributed by atoms with van der Waals surface area (Å²) in [7, 11) is 0. The normalized spacial score (nSPS) is 18.9. The summed E-state index contributed by atoms with van der Waals surface area (Å²) in [4.78, 5) is 14.8. The summed E-state index contributed by atoms with van der Waals surface area (Å²) in [6, 6.07) is 15.8. The van der Waals surface area contributed by atoms with Crippen LogP contribution in [0.2, 0.25) is 0 Å². The van der Waals surface area contributed by atoms with Gasteiger partial charge in [0.1, 0.15) is 13.2 Å². The number of rotatable bonds is 4. The van der Waals surface area contributed by atoms with Crippen molar-refractivity contribution in [2.75, 3.05) is 37.7 Å². The molecule has 0 aliphatic carbocycles. The van der Waals surface area contributed by atoms with Crippen LogP contribution in [0.15, 0.2) is 48.5 Å². The lowest BCUT2D eigenvalue weighted by atomic mass is 10.1. The van der Waals surface area contributed by atoms with Gasteiger partial charge in [-0.05, 0) is 42.7 Å². The Balaban J connectivity index is 1.32. The minimum Gasteiger partial charge on any atom is -0.486 e. The molecule has 2 aromatic carbocycles. The first-order chi connectivity index (χ1) is 12.3. The summed E-state index contributed by atoms with van der Waals surface area (Å²) in [6.07, 6.45) is 1.09. The highest BCUT2D eigenvalue weighted by molar-refractivity contribution is 5.94. The summed E-state index contributed by atoms with van der Waals surface area (Å²) >= 11 is 0. The summed E-state index contributed by atoms with van der Waals surface area (Å²) < 4.78 is 11.0. The van der Waals surface area contributed by atoms with Crippen LogP contribution in [0.1, 0.15) is 16.8 Å². The molecule has 1 N–H and O–H groups in total. The fourth-order valence-electron chi connectivity index (χ4n) is 3.40. The van der Waals surface area contributed by atoms with Gasteiger partial charge in [-0.25, -0.2) is 0 Å². The van der Waals surface area contributed by atoms with Crippen LogP contribution in [0.3, 0.4) is 0 Å². The monoisotopic (exact) mass is 338 g/mol.